The van der Waals surface area contributed by atoms with Crippen LogP contribution in [0.2, 0.25) is 0 Å². The summed E-state index contributed by atoms with van der Waals surface area (Å²) >= 11 is 1.49. The molecule has 0 radical (unpaired) electrons. The Morgan fingerprint density at radius 3 is 3.00 bits per heavy atom. The summed E-state index contributed by atoms with van der Waals surface area (Å²) in [6.45, 7) is 0. The summed E-state index contributed by atoms with van der Waals surface area (Å²) in [6, 6.07) is 0. The summed E-state index contributed by atoms with van der Waals surface area (Å²) in [5, 5.41) is 0. The van der Waals surface area contributed by atoms with Crippen molar-refractivity contribution in [1.82, 2.24) is 20.2 Å². The molecule has 2 heterocycles. The average molecular weight is 166 g/mol. The smallest absolute Gasteiger partial charge is 0.0977 e. The van der Waals surface area contributed by atoms with Gasteiger partial charge in [-0.25, -0.2) is 0 Å². The van der Waals surface area contributed by atoms with E-state index in [1.165, 1.54) is 11.9 Å². The normalized spacial score (nSPS) is 15.8. The summed E-state index contributed by atoms with van der Waals surface area (Å²) in [6.07, 6.45) is 6.92. The lowest BCUT2D eigenvalue weighted by Crippen LogP contribution is -2.11. The highest BCUT2D eigenvalue weighted by Gasteiger charge is 2.07. The predicted octanol–water partition coefficient (Wildman–Crippen LogP) is 0.531. The molecule has 4 nitrogen and oxygen atoms in total. The largest absolute Gasteiger partial charge is 0.318 e. The van der Waals surface area contributed by atoms with E-state index in [4.69, 9.17) is 0 Å². The number of hydrogen-bond donors (Lipinski definition) is 2. The predicted molar refractivity (Wildman–Crippen MR) is 43.9 cm³/mol. The molecular weight excluding hydrogens is 160 g/mol. The number of nitrogens with one attached hydrogen (secondary N) is 2. The van der Waals surface area contributed by atoms with Gasteiger partial charge in [-0.3, -0.25) is 9.97 Å². The van der Waals surface area contributed by atoms with Gasteiger partial charge in [0.15, 0.2) is 0 Å². The number of aromatic nitrogens is 2. The first kappa shape index (κ1) is 6.63. The lowest BCUT2D eigenvalue weighted by atomic mass is 10.4. The molecule has 0 aromatic carbocycles. The molecule has 2 N–H and O–H groups in total. The van der Waals surface area contributed by atoms with Crippen molar-refractivity contribution in [3.8, 4) is 0 Å². The highest BCUT2D eigenvalue weighted by Crippen LogP contribution is 2.23. The fourth-order valence-corrected chi connectivity index (χ4v) is 1.32. The Bertz CT molecular complexity index is 271. The fourth-order valence-electron chi connectivity index (χ4n) is 0.761. The third-order valence-electron chi connectivity index (χ3n) is 1.24. The maximum Gasteiger partial charge on any atom is 0.0977 e. The fraction of sp³-hybridized carbons (Fsp3) is 0. The van der Waals surface area contributed by atoms with Crippen LogP contribution in [-0.4, -0.2) is 9.97 Å². The third kappa shape index (κ3) is 1.33. The quantitative estimate of drug-likeness (QED) is 0.596. The average Bonchev–Trinajstić information content (AvgIpc) is 2.58. The molecule has 1 aliphatic rings. The lowest BCUT2D eigenvalue weighted by molar-refractivity contribution is 0.897. The van der Waals surface area contributed by atoms with E-state index in [0.717, 1.165) is 10.6 Å². The molecule has 56 valence electrons. The van der Waals surface area contributed by atoms with Gasteiger partial charge >= 0.3 is 0 Å². The molecule has 0 amide bonds. The highest BCUT2D eigenvalue weighted by atomic mass is 32.2. The number of hydrogen-bond acceptors (Lipinski definition) is 5. The zero-order valence-corrected chi connectivity index (χ0v) is 6.43. The molecule has 0 fully saturated rings. The monoisotopic (exact) mass is 166 g/mol. The Morgan fingerprint density at radius 2 is 2.36 bits per heavy atom. The first-order valence-electron chi connectivity index (χ1n) is 3.11. The van der Waals surface area contributed by atoms with Gasteiger partial charge in [0.2, 0.25) is 0 Å². The molecule has 1 aliphatic heterocycles. The van der Waals surface area contributed by atoms with Crippen LogP contribution in [0, 0.1) is 0 Å². The molecule has 2 rings (SSSR count). The van der Waals surface area contributed by atoms with Crippen molar-refractivity contribution < 1.29 is 0 Å². The van der Waals surface area contributed by atoms with Gasteiger partial charge in [-0.15, -0.1) is 0 Å². The summed E-state index contributed by atoms with van der Waals surface area (Å²) in [5.74, 6) is 0. The van der Waals surface area contributed by atoms with Crippen LogP contribution in [0.1, 0.15) is 5.69 Å². The van der Waals surface area contributed by atoms with E-state index in [9.17, 15) is 0 Å². The zero-order chi connectivity index (χ0) is 7.52. The minimum Gasteiger partial charge on any atom is -0.318 e. The van der Waals surface area contributed by atoms with E-state index >= 15 is 0 Å². The number of nitrogens with zero attached hydrogens (tertiary/aromatic N) is 2. The van der Waals surface area contributed by atoms with Crippen LogP contribution < -0.4 is 10.3 Å². The van der Waals surface area contributed by atoms with Crippen molar-refractivity contribution in [2.24, 2.45) is 0 Å². The van der Waals surface area contributed by atoms with Gasteiger partial charge in [-0.2, -0.15) is 4.83 Å². The van der Waals surface area contributed by atoms with Crippen LogP contribution in [0.4, 0.5) is 0 Å². The zero-order valence-electron chi connectivity index (χ0n) is 5.61. The Hall–Kier alpha value is -1.07. The maximum atomic E-state index is 4.13. The van der Waals surface area contributed by atoms with E-state index in [-0.39, 0.29) is 0 Å². The topological polar surface area (TPSA) is 49.8 Å². The third-order valence-corrected chi connectivity index (χ3v) is 2.01. The second-order valence-corrected chi connectivity index (χ2v) is 2.80. The molecule has 0 unspecified atom stereocenters. The SMILES string of the molecule is C1=C(c2cnccn2)SNN1. The van der Waals surface area contributed by atoms with Crippen LogP contribution in [0.5, 0.6) is 0 Å². The lowest BCUT2D eigenvalue weighted by Gasteiger charge is -1.94. The van der Waals surface area contributed by atoms with E-state index in [1.807, 2.05) is 6.20 Å². The van der Waals surface area contributed by atoms with Crippen molar-refractivity contribution in [2.45, 2.75) is 0 Å². The maximum absolute atomic E-state index is 4.13. The molecule has 1 aromatic rings. The van der Waals surface area contributed by atoms with E-state index in [2.05, 4.69) is 20.2 Å². The molecule has 0 saturated heterocycles. The standard InChI is InChI=1S/C6H6N4S/c1-2-8-5(3-7-1)6-4-9-10-11-6/h1-4,9-10H. The van der Waals surface area contributed by atoms with Crippen LogP contribution in [0.15, 0.2) is 24.8 Å². The Kier molecular flexibility index (Phi) is 1.74. The Balaban J connectivity index is 2.29. The Labute approximate surface area is 68.2 Å². The van der Waals surface area contributed by atoms with Crippen molar-refractivity contribution >= 4 is 16.9 Å². The number of rotatable bonds is 1. The molecule has 0 saturated carbocycles. The summed E-state index contributed by atoms with van der Waals surface area (Å²) in [7, 11) is 0. The van der Waals surface area contributed by atoms with Gasteiger partial charge in [-0.1, -0.05) is 0 Å². The van der Waals surface area contributed by atoms with Crippen LogP contribution in [0.3, 0.4) is 0 Å². The summed E-state index contributed by atoms with van der Waals surface area (Å²) in [5.41, 5.74) is 3.74. The number of hydrazine groups is 1. The molecule has 0 aliphatic carbocycles. The second kappa shape index (κ2) is 2.89. The minimum atomic E-state index is 0.884. The van der Waals surface area contributed by atoms with Crippen molar-refractivity contribution in [3.63, 3.8) is 0 Å². The van der Waals surface area contributed by atoms with Gasteiger partial charge in [0.1, 0.15) is 0 Å². The van der Waals surface area contributed by atoms with Gasteiger partial charge in [-0.05, 0) is 11.9 Å². The van der Waals surface area contributed by atoms with Crippen LogP contribution in [0.25, 0.3) is 4.91 Å². The van der Waals surface area contributed by atoms with Crippen LogP contribution in [-0.2, 0) is 0 Å². The van der Waals surface area contributed by atoms with Crippen molar-refractivity contribution in [1.29, 1.82) is 0 Å². The molecule has 0 bridgehead atoms. The summed E-state index contributed by atoms with van der Waals surface area (Å²) < 4.78 is 0. The van der Waals surface area contributed by atoms with E-state index < -0.39 is 0 Å². The van der Waals surface area contributed by atoms with Crippen molar-refractivity contribution in [3.05, 3.63) is 30.5 Å². The first-order chi connectivity index (χ1) is 5.47. The minimum absolute atomic E-state index is 0.884. The van der Waals surface area contributed by atoms with Gasteiger partial charge in [0.05, 0.1) is 16.8 Å². The highest BCUT2D eigenvalue weighted by molar-refractivity contribution is 8.06. The molecule has 11 heavy (non-hydrogen) atoms. The molecule has 5 heteroatoms. The van der Waals surface area contributed by atoms with Crippen molar-refractivity contribution in [2.75, 3.05) is 0 Å². The molecule has 0 atom stereocenters. The molecular formula is C6H6N4S. The Morgan fingerprint density at radius 1 is 1.36 bits per heavy atom. The van der Waals surface area contributed by atoms with Gasteiger partial charge in [0.25, 0.3) is 0 Å². The van der Waals surface area contributed by atoms with Crippen LogP contribution >= 0.6 is 11.9 Å². The first-order valence-corrected chi connectivity index (χ1v) is 3.92. The summed E-state index contributed by atoms with van der Waals surface area (Å²) in [4.78, 5) is 12.0. The second-order valence-electron chi connectivity index (χ2n) is 1.95. The van der Waals surface area contributed by atoms with E-state index in [0.29, 0.717) is 0 Å². The molecule has 0 spiro atoms. The molecule has 1 aromatic heterocycles. The van der Waals surface area contributed by atoms with Gasteiger partial charge < -0.3 is 5.43 Å². The van der Waals surface area contributed by atoms with Gasteiger partial charge in [0, 0.05) is 18.6 Å². The van der Waals surface area contributed by atoms with E-state index in [1.54, 1.807) is 18.6 Å².